The first-order valence-electron chi connectivity index (χ1n) is 8.75. The summed E-state index contributed by atoms with van der Waals surface area (Å²) < 4.78 is 5.31. The lowest BCUT2D eigenvalue weighted by molar-refractivity contribution is 0.101. The number of thioether (sulfide) groups is 1. The van der Waals surface area contributed by atoms with Gasteiger partial charge in [-0.05, 0) is 24.6 Å². The number of rotatable bonds is 6. The highest BCUT2D eigenvalue weighted by molar-refractivity contribution is 8.00. The van der Waals surface area contributed by atoms with Crippen LogP contribution in [-0.2, 0) is 0 Å². The van der Waals surface area contributed by atoms with Gasteiger partial charge >= 0.3 is 0 Å². The first kappa shape index (κ1) is 18.7. The maximum absolute atomic E-state index is 12.7. The Balaban J connectivity index is 1.65. The predicted octanol–water partition coefficient (Wildman–Crippen LogP) is 5.65. The van der Waals surface area contributed by atoms with Crippen molar-refractivity contribution in [1.82, 2.24) is 9.97 Å². The predicted molar refractivity (Wildman–Crippen MR) is 116 cm³/mol. The van der Waals surface area contributed by atoms with Crippen molar-refractivity contribution >= 4 is 39.1 Å². The van der Waals surface area contributed by atoms with E-state index in [0.717, 1.165) is 26.4 Å². The van der Waals surface area contributed by atoms with Crippen LogP contribution in [-0.4, -0.2) is 28.6 Å². The molecule has 0 amide bonds. The van der Waals surface area contributed by atoms with Crippen molar-refractivity contribution < 1.29 is 9.53 Å². The Kier molecular flexibility index (Phi) is 5.41. The molecule has 2 aromatic carbocycles. The molecule has 2 heterocycles. The summed E-state index contributed by atoms with van der Waals surface area (Å²) in [4.78, 5) is 22.5. The average molecular weight is 407 g/mol. The van der Waals surface area contributed by atoms with Gasteiger partial charge in [0.05, 0.1) is 23.8 Å². The Labute approximate surface area is 171 Å². The second-order valence-electron chi connectivity index (χ2n) is 6.29. The highest BCUT2D eigenvalue weighted by atomic mass is 32.2. The molecule has 4 rings (SSSR count). The lowest BCUT2D eigenvalue weighted by Gasteiger charge is -2.08. The lowest BCUT2D eigenvalue weighted by Crippen LogP contribution is -2.05. The molecule has 4 aromatic rings. The van der Waals surface area contributed by atoms with Crippen LogP contribution < -0.4 is 4.74 Å². The van der Waals surface area contributed by atoms with Crippen LogP contribution >= 0.6 is 23.1 Å². The molecule has 140 valence electrons. The summed E-state index contributed by atoms with van der Waals surface area (Å²) >= 11 is 3.03. The Morgan fingerprint density at radius 1 is 1.11 bits per heavy atom. The van der Waals surface area contributed by atoms with Gasteiger partial charge in [-0.15, -0.1) is 11.3 Å². The molecule has 0 fully saturated rings. The molecular formula is C22H18N2O2S2. The van der Waals surface area contributed by atoms with Crippen LogP contribution in [0.4, 0.5) is 0 Å². The van der Waals surface area contributed by atoms with Crippen molar-refractivity contribution in [3.63, 3.8) is 0 Å². The number of aryl methyl sites for hydroxylation is 1. The van der Waals surface area contributed by atoms with Gasteiger partial charge < -0.3 is 4.74 Å². The number of para-hydroxylation sites is 1. The Morgan fingerprint density at radius 3 is 2.68 bits per heavy atom. The van der Waals surface area contributed by atoms with E-state index in [4.69, 9.17) is 4.74 Å². The van der Waals surface area contributed by atoms with Crippen molar-refractivity contribution in [2.24, 2.45) is 0 Å². The molecule has 28 heavy (non-hydrogen) atoms. The van der Waals surface area contributed by atoms with Gasteiger partial charge in [-0.2, -0.15) is 0 Å². The van der Waals surface area contributed by atoms with E-state index < -0.39 is 0 Å². The van der Waals surface area contributed by atoms with Gasteiger partial charge in [0.2, 0.25) is 0 Å². The van der Waals surface area contributed by atoms with Crippen molar-refractivity contribution in [3.8, 4) is 16.9 Å². The lowest BCUT2D eigenvalue weighted by atomic mass is 10.1. The molecule has 0 radical (unpaired) electrons. The minimum absolute atomic E-state index is 0.0151. The van der Waals surface area contributed by atoms with E-state index >= 15 is 0 Å². The Bertz CT molecular complexity index is 1140. The van der Waals surface area contributed by atoms with Crippen LogP contribution in [0.3, 0.4) is 0 Å². The second kappa shape index (κ2) is 8.12. The van der Waals surface area contributed by atoms with Crippen LogP contribution in [0.25, 0.3) is 21.3 Å². The van der Waals surface area contributed by atoms with E-state index in [-0.39, 0.29) is 11.5 Å². The molecule has 6 heteroatoms. The summed E-state index contributed by atoms with van der Waals surface area (Å²) in [5.41, 5.74) is 4.04. The van der Waals surface area contributed by atoms with Crippen molar-refractivity contribution in [2.45, 2.75) is 11.9 Å². The standard InChI is InChI=1S/C22H18N2O2S2/c1-14-7-9-15(10-8-14)17-11-27-21-20(17)22(24-13-23-21)28-12-18(25)16-5-3-4-6-19(16)26-2/h3-11,13H,12H2,1-2H3. The molecule has 0 atom stereocenters. The van der Waals surface area contributed by atoms with Crippen LogP contribution in [0.15, 0.2) is 65.3 Å². The first-order valence-corrected chi connectivity index (χ1v) is 10.6. The van der Waals surface area contributed by atoms with Crippen LogP contribution in [0.2, 0.25) is 0 Å². The largest absolute Gasteiger partial charge is 0.496 e. The van der Waals surface area contributed by atoms with E-state index in [1.165, 1.54) is 17.3 Å². The quantitative estimate of drug-likeness (QED) is 0.235. The number of thiophene rings is 1. The van der Waals surface area contributed by atoms with Gasteiger partial charge in [0, 0.05) is 10.9 Å². The molecular weight excluding hydrogens is 388 g/mol. The van der Waals surface area contributed by atoms with Gasteiger partial charge in [-0.1, -0.05) is 53.7 Å². The van der Waals surface area contributed by atoms with Gasteiger partial charge in [-0.25, -0.2) is 9.97 Å². The van der Waals surface area contributed by atoms with E-state index in [1.54, 1.807) is 36.9 Å². The molecule has 0 unspecified atom stereocenters. The molecule has 4 nitrogen and oxygen atoms in total. The summed E-state index contributed by atoms with van der Waals surface area (Å²) in [5, 5.41) is 3.94. The number of Topliss-reactive ketones (excluding diaryl/α,β-unsaturated/α-hetero) is 1. The molecule has 0 aliphatic heterocycles. The zero-order valence-corrected chi connectivity index (χ0v) is 17.1. The van der Waals surface area contributed by atoms with E-state index in [2.05, 4.69) is 46.5 Å². The maximum atomic E-state index is 12.7. The number of hydrogen-bond donors (Lipinski definition) is 0. The number of methoxy groups -OCH3 is 1. The van der Waals surface area contributed by atoms with Crippen LogP contribution in [0, 0.1) is 6.92 Å². The Hall–Kier alpha value is -2.70. The zero-order valence-electron chi connectivity index (χ0n) is 15.5. The fourth-order valence-electron chi connectivity index (χ4n) is 2.99. The molecule has 0 spiro atoms. The number of hydrogen-bond acceptors (Lipinski definition) is 6. The van der Waals surface area contributed by atoms with Crippen LogP contribution in [0.5, 0.6) is 5.75 Å². The summed E-state index contributed by atoms with van der Waals surface area (Å²) in [5.74, 6) is 0.897. The third-order valence-corrected chi connectivity index (χ3v) is 6.32. The summed E-state index contributed by atoms with van der Waals surface area (Å²) in [7, 11) is 1.58. The minimum atomic E-state index is 0.0151. The highest BCUT2D eigenvalue weighted by Crippen LogP contribution is 2.38. The number of ether oxygens (including phenoxy) is 1. The number of carbonyl (C=O) groups is 1. The molecule has 0 aliphatic rings. The molecule has 0 N–H and O–H groups in total. The maximum Gasteiger partial charge on any atom is 0.176 e. The number of aromatic nitrogens is 2. The smallest absolute Gasteiger partial charge is 0.176 e. The minimum Gasteiger partial charge on any atom is -0.496 e. The number of ketones is 1. The molecule has 2 aromatic heterocycles. The van der Waals surface area contributed by atoms with Gasteiger partial charge in [0.15, 0.2) is 5.78 Å². The number of nitrogens with zero attached hydrogens (tertiary/aromatic N) is 2. The van der Waals surface area contributed by atoms with Crippen LogP contribution in [0.1, 0.15) is 15.9 Å². The number of fused-ring (bicyclic) bond motifs is 1. The van der Waals surface area contributed by atoms with Crippen molar-refractivity contribution in [1.29, 1.82) is 0 Å². The number of carbonyl (C=O) groups excluding carboxylic acids is 1. The first-order chi connectivity index (χ1) is 13.7. The third kappa shape index (κ3) is 3.66. The van der Waals surface area contributed by atoms with E-state index in [0.29, 0.717) is 11.3 Å². The summed E-state index contributed by atoms with van der Waals surface area (Å²) in [6, 6.07) is 15.7. The zero-order chi connectivity index (χ0) is 19.5. The molecule has 0 saturated carbocycles. The fourth-order valence-corrected chi connectivity index (χ4v) is 4.87. The van der Waals surface area contributed by atoms with Crippen molar-refractivity contribution in [3.05, 3.63) is 71.4 Å². The van der Waals surface area contributed by atoms with Gasteiger partial charge in [0.25, 0.3) is 0 Å². The van der Waals surface area contributed by atoms with Gasteiger partial charge in [0.1, 0.15) is 21.9 Å². The normalized spacial score (nSPS) is 10.9. The number of benzene rings is 2. The van der Waals surface area contributed by atoms with Gasteiger partial charge in [-0.3, -0.25) is 4.79 Å². The molecule has 0 bridgehead atoms. The topological polar surface area (TPSA) is 52.1 Å². The van der Waals surface area contributed by atoms with E-state index in [9.17, 15) is 4.79 Å². The average Bonchev–Trinajstić information content (AvgIpc) is 3.17. The van der Waals surface area contributed by atoms with Crippen molar-refractivity contribution in [2.75, 3.05) is 12.9 Å². The molecule has 0 saturated heterocycles. The monoisotopic (exact) mass is 406 g/mol. The van der Waals surface area contributed by atoms with E-state index in [1.807, 2.05) is 12.1 Å². The summed E-state index contributed by atoms with van der Waals surface area (Å²) in [6.45, 7) is 2.07. The summed E-state index contributed by atoms with van der Waals surface area (Å²) in [6.07, 6.45) is 1.56. The second-order valence-corrected chi connectivity index (χ2v) is 8.11. The SMILES string of the molecule is COc1ccccc1C(=O)CSc1ncnc2scc(-c3ccc(C)cc3)c12. The Morgan fingerprint density at radius 2 is 1.89 bits per heavy atom. The highest BCUT2D eigenvalue weighted by Gasteiger charge is 2.17. The fraction of sp³-hybridized carbons (Fsp3) is 0.136. The molecule has 0 aliphatic carbocycles. The third-order valence-electron chi connectivity index (χ3n) is 4.45.